The van der Waals surface area contributed by atoms with Crippen LogP contribution in [-0.2, 0) is 10.0 Å². The van der Waals surface area contributed by atoms with Crippen LogP contribution in [0.15, 0.2) is 45.9 Å². The van der Waals surface area contributed by atoms with Gasteiger partial charge >= 0.3 is 0 Å². The van der Waals surface area contributed by atoms with Crippen LogP contribution in [0, 0.1) is 13.8 Å². The number of para-hydroxylation sites is 1. The lowest BCUT2D eigenvalue weighted by molar-refractivity contribution is 0.0987. The summed E-state index contributed by atoms with van der Waals surface area (Å²) in [5.41, 5.74) is 2.81. The van der Waals surface area contributed by atoms with Crippen molar-refractivity contribution >= 4 is 27.3 Å². The fourth-order valence-corrected chi connectivity index (χ4v) is 4.22. The Morgan fingerprint density at radius 3 is 2.42 bits per heavy atom. The third-order valence-corrected chi connectivity index (χ3v) is 5.96. The summed E-state index contributed by atoms with van der Waals surface area (Å²) in [6.45, 7) is 7.46. The summed E-state index contributed by atoms with van der Waals surface area (Å²) in [5, 5.41) is 6.43. The molecule has 0 saturated carbocycles. The van der Waals surface area contributed by atoms with Crippen molar-refractivity contribution in [2.24, 2.45) is 0 Å². The Hall–Kier alpha value is -3.40. The minimum absolute atomic E-state index is 0.0117. The van der Waals surface area contributed by atoms with Crippen LogP contribution in [0.4, 0.5) is 11.4 Å². The normalized spacial score (nSPS) is 11.4. The van der Waals surface area contributed by atoms with Crippen molar-refractivity contribution in [3.05, 3.63) is 59.1 Å². The third-order valence-electron chi connectivity index (χ3n) is 4.62. The van der Waals surface area contributed by atoms with E-state index in [0.29, 0.717) is 11.4 Å². The number of pyridine rings is 1. The number of methoxy groups -OCH3 is 1. The van der Waals surface area contributed by atoms with Gasteiger partial charge in [-0.05, 0) is 37.0 Å². The van der Waals surface area contributed by atoms with E-state index in [1.165, 1.54) is 25.4 Å². The first-order chi connectivity index (χ1) is 14.6. The Kier molecular flexibility index (Phi) is 6.30. The molecule has 2 heterocycles. The highest BCUT2D eigenvalue weighted by Crippen LogP contribution is 2.29. The van der Waals surface area contributed by atoms with Crippen molar-refractivity contribution in [3.8, 4) is 5.88 Å². The molecule has 0 unspecified atom stereocenters. The lowest BCUT2D eigenvalue weighted by Gasteiger charge is -2.15. The van der Waals surface area contributed by atoms with Gasteiger partial charge in [0, 0.05) is 6.07 Å². The van der Waals surface area contributed by atoms with Crippen LogP contribution in [0.2, 0.25) is 0 Å². The Morgan fingerprint density at radius 1 is 1.16 bits per heavy atom. The van der Waals surface area contributed by atoms with Gasteiger partial charge in [-0.1, -0.05) is 37.2 Å². The number of aromatic nitrogens is 2. The monoisotopic (exact) mass is 444 g/mol. The first-order valence-corrected chi connectivity index (χ1v) is 11.0. The number of nitrogens with zero attached hydrogens (tertiary/aromatic N) is 2. The number of rotatable bonds is 7. The molecule has 164 valence electrons. The van der Waals surface area contributed by atoms with E-state index in [9.17, 15) is 13.2 Å². The Labute approximate surface area is 180 Å². The molecule has 10 heteroatoms. The molecule has 2 N–H and O–H groups in total. The van der Waals surface area contributed by atoms with Crippen molar-refractivity contribution in [3.63, 3.8) is 0 Å². The van der Waals surface area contributed by atoms with E-state index in [-0.39, 0.29) is 28.1 Å². The summed E-state index contributed by atoms with van der Waals surface area (Å²) in [6, 6.07) is 8.27. The zero-order valence-corrected chi connectivity index (χ0v) is 18.7. The largest absolute Gasteiger partial charge is 0.480 e. The third kappa shape index (κ3) is 4.85. The summed E-state index contributed by atoms with van der Waals surface area (Å²) in [7, 11) is -2.74. The average Bonchev–Trinajstić information content (AvgIpc) is 3.22. The van der Waals surface area contributed by atoms with Gasteiger partial charge in [0.25, 0.3) is 15.9 Å². The second-order valence-electron chi connectivity index (χ2n) is 7.33. The van der Waals surface area contributed by atoms with E-state index in [1.54, 1.807) is 26.0 Å². The van der Waals surface area contributed by atoms with Gasteiger partial charge in [-0.2, -0.15) is 0 Å². The Morgan fingerprint density at radius 2 is 1.84 bits per heavy atom. The summed E-state index contributed by atoms with van der Waals surface area (Å²) in [5.74, 6) is -0.561. The van der Waals surface area contributed by atoms with Gasteiger partial charge in [0.05, 0.1) is 30.4 Å². The van der Waals surface area contributed by atoms with Gasteiger partial charge < -0.3 is 14.6 Å². The zero-order chi connectivity index (χ0) is 22.8. The fraction of sp³-hybridized carbons (Fsp3) is 0.286. The van der Waals surface area contributed by atoms with E-state index >= 15 is 0 Å². The van der Waals surface area contributed by atoms with Crippen molar-refractivity contribution in [2.75, 3.05) is 17.1 Å². The molecule has 0 spiro atoms. The number of benzene rings is 1. The maximum Gasteiger partial charge on any atom is 0.294 e. The minimum Gasteiger partial charge on any atom is -0.480 e. The molecule has 0 saturated heterocycles. The van der Waals surface area contributed by atoms with E-state index in [2.05, 4.69) is 20.2 Å². The van der Waals surface area contributed by atoms with E-state index in [4.69, 9.17) is 9.26 Å². The first-order valence-electron chi connectivity index (χ1n) is 9.53. The lowest BCUT2D eigenvalue weighted by atomic mass is 10.1. The van der Waals surface area contributed by atoms with E-state index < -0.39 is 15.9 Å². The van der Waals surface area contributed by atoms with Gasteiger partial charge in [-0.25, -0.2) is 13.4 Å². The molecule has 0 fully saturated rings. The van der Waals surface area contributed by atoms with Gasteiger partial charge in [-0.15, -0.1) is 0 Å². The number of anilines is 2. The molecule has 0 bridgehead atoms. The van der Waals surface area contributed by atoms with E-state index in [0.717, 1.165) is 11.1 Å². The van der Waals surface area contributed by atoms with Crippen LogP contribution in [0.3, 0.4) is 0 Å². The predicted octanol–water partition coefficient (Wildman–Crippen LogP) is 3.87. The fourth-order valence-electron chi connectivity index (χ4n) is 2.87. The second kappa shape index (κ2) is 8.76. The molecule has 1 amide bonds. The zero-order valence-electron chi connectivity index (χ0n) is 17.9. The van der Waals surface area contributed by atoms with Crippen molar-refractivity contribution < 1.29 is 22.5 Å². The topological polar surface area (TPSA) is 123 Å². The number of carbonyl (C=O) groups is 1. The molecule has 9 nitrogen and oxygen atoms in total. The van der Waals surface area contributed by atoms with Crippen LogP contribution < -0.4 is 14.8 Å². The van der Waals surface area contributed by atoms with Crippen molar-refractivity contribution in [1.82, 2.24) is 10.1 Å². The highest BCUT2D eigenvalue weighted by atomic mass is 32.2. The summed E-state index contributed by atoms with van der Waals surface area (Å²) in [6.07, 6.45) is 1.30. The first kappa shape index (κ1) is 22.3. The van der Waals surface area contributed by atoms with E-state index in [1.807, 2.05) is 19.9 Å². The number of sulfonamides is 1. The number of carbonyl (C=O) groups excluding carboxylic acids is 1. The molecular weight excluding hydrogens is 420 g/mol. The predicted molar refractivity (Wildman–Crippen MR) is 116 cm³/mol. The summed E-state index contributed by atoms with van der Waals surface area (Å²) >= 11 is 0. The van der Waals surface area contributed by atoms with Gasteiger partial charge in [-0.3, -0.25) is 9.52 Å². The molecule has 3 aromatic rings. The number of hydrogen-bond donors (Lipinski definition) is 2. The molecule has 2 aromatic heterocycles. The standard InChI is InChI=1S/C21H24N4O5S/c1-12(2)16-10-17(30-24-16)20(26)23-15-9-18(21(29-5)22-11-15)31(27,28)25-19-13(3)7-6-8-14(19)4/h6-12,25H,1-5H3,(H,23,26). The SMILES string of the molecule is COc1ncc(NC(=O)c2cc(C(C)C)no2)cc1S(=O)(=O)Nc1c(C)cccc1C. The Balaban J connectivity index is 1.91. The van der Waals surface area contributed by atoms with Crippen LogP contribution in [0.1, 0.15) is 47.1 Å². The highest BCUT2D eigenvalue weighted by molar-refractivity contribution is 7.92. The van der Waals surface area contributed by atoms with Gasteiger partial charge in [0.1, 0.15) is 0 Å². The van der Waals surface area contributed by atoms with Crippen LogP contribution in [0.5, 0.6) is 5.88 Å². The second-order valence-corrected chi connectivity index (χ2v) is 8.98. The molecule has 0 aliphatic heterocycles. The lowest BCUT2D eigenvalue weighted by Crippen LogP contribution is -2.17. The molecule has 0 aliphatic rings. The molecule has 0 radical (unpaired) electrons. The molecule has 31 heavy (non-hydrogen) atoms. The number of amides is 1. The highest BCUT2D eigenvalue weighted by Gasteiger charge is 2.24. The summed E-state index contributed by atoms with van der Waals surface area (Å²) < 4.78 is 39.0. The maximum atomic E-state index is 13.1. The molecule has 3 rings (SSSR count). The molecule has 1 aromatic carbocycles. The van der Waals surface area contributed by atoms with Gasteiger partial charge in [0.15, 0.2) is 4.90 Å². The smallest absolute Gasteiger partial charge is 0.294 e. The van der Waals surface area contributed by atoms with Crippen LogP contribution in [-0.4, -0.2) is 31.6 Å². The van der Waals surface area contributed by atoms with Crippen molar-refractivity contribution in [1.29, 1.82) is 0 Å². The summed E-state index contributed by atoms with van der Waals surface area (Å²) in [4.78, 5) is 16.3. The molecular formula is C21H24N4O5S. The number of aryl methyl sites for hydroxylation is 2. The van der Waals surface area contributed by atoms with Gasteiger partial charge in [0.2, 0.25) is 11.6 Å². The number of nitrogens with one attached hydrogen (secondary N) is 2. The molecule has 0 aliphatic carbocycles. The molecule has 0 atom stereocenters. The Bertz CT molecular complexity index is 1200. The average molecular weight is 445 g/mol. The number of ether oxygens (including phenoxy) is 1. The maximum absolute atomic E-state index is 13.1. The minimum atomic E-state index is -4.06. The van der Waals surface area contributed by atoms with Crippen LogP contribution in [0.25, 0.3) is 0 Å². The quantitative estimate of drug-likeness (QED) is 0.567. The van der Waals surface area contributed by atoms with Crippen LogP contribution >= 0.6 is 0 Å². The number of hydrogen-bond acceptors (Lipinski definition) is 7. The van der Waals surface area contributed by atoms with Crippen molar-refractivity contribution in [2.45, 2.75) is 38.5 Å².